The summed E-state index contributed by atoms with van der Waals surface area (Å²) in [6.07, 6.45) is 6.87. The lowest BCUT2D eigenvalue weighted by Gasteiger charge is -2.19. The van der Waals surface area contributed by atoms with E-state index in [1.807, 2.05) is 12.2 Å². The van der Waals surface area contributed by atoms with Gasteiger partial charge in [0.05, 0.1) is 0 Å². The lowest BCUT2D eigenvalue weighted by atomic mass is 9.89. The molecular formula is C13H18O2. The van der Waals surface area contributed by atoms with E-state index in [4.69, 9.17) is 4.74 Å². The van der Waals surface area contributed by atoms with Crippen LogP contribution in [0.5, 0.6) is 0 Å². The molecule has 1 aliphatic carbocycles. The van der Waals surface area contributed by atoms with Gasteiger partial charge in [-0.15, -0.1) is 0 Å². The van der Waals surface area contributed by atoms with Gasteiger partial charge in [-0.05, 0) is 37.3 Å². The fraction of sp³-hybridized carbons (Fsp3) is 0.462. The molecule has 0 fully saturated rings. The maximum atomic E-state index is 11.2. The van der Waals surface area contributed by atoms with Crippen LogP contribution in [0, 0.1) is 11.8 Å². The zero-order valence-corrected chi connectivity index (χ0v) is 9.62. The highest BCUT2D eigenvalue weighted by Crippen LogP contribution is 2.23. The van der Waals surface area contributed by atoms with Crippen LogP contribution in [0.4, 0.5) is 0 Å². The Morgan fingerprint density at radius 2 is 2.27 bits per heavy atom. The Kier molecular flexibility index (Phi) is 3.89. The van der Waals surface area contributed by atoms with Crippen LogP contribution in [0.25, 0.3) is 0 Å². The van der Waals surface area contributed by atoms with Crippen LogP contribution in [0.2, 0.25) is 0 Å². The predicted molar refractivity (Wildman–Crippen MR) is 61.1 cm³/mol. The smallest absolute Gasteiger partial charge is 0.338 e. The molecule has 0 spiro atoms. The van der Waals surface area contributed by atoms with Gasteiger partial charge < -0.3 is 4.74 Å². The van der Waals surface area contributed by atoms with Gasteiger partial charge in [0, 0.05) is 5.57 Å². The number of ether oxygens (including phenoxy) is 1. The van der Waals surface area contributed by atoms with E-state index in [1.165, 1.54) is 0 Å². The minimum Gasteiger partial charge on any atom is -0.424 e. The molecule has 1 unspecified atom stereocenters. The van der Waals surface area contributed by atoms with Gasteiger partial charge in [0.2, 0.25) is 0 Å². The number of esters is 1. The molecule has 2 nitrogen and oxygen atoms in total. The van der Waals surface area contributed by atoms with Crippen molar-refractivity contribution in [3.63, 3.8) is 0 Å². The summed E-state index contributed by atoms with van der Waals surface area (Å²) in [5.74, 6) is 1.46. The predicted octanol–water partition coefficient (Wildman–Crippen LogP) is 3.22. The molecule has 2 heteroatoms. The van der Waals surface area contributed by atoms with Gasteiger partial charge in [0.25, 0.3) is 0 Å². The summed E-state index contributed by atoms with van der Waals surface area (Å²) < 4.78 is 5.12. The summed E-state index contributed by atoms with van der Waals surface area (Å²) in [4.78, 5) is 11.2. The average Bonchev–Trinajstić information content (AvgIpc) is 2.18. The number of rotatable bonds is 3. The molecule has 0 heterocycles. The van der Waals surface area contributed by atoms with Gasteiger partial charge in [-0.1, -0.05) is 26.5 Å². The molecule has 0 aromatic carbocycles. The highest BCUT2D eigenvalue weighted by Gasteiger charge is 2.14. The molecule has 1 aliphatic rings. The van der Waals surface area contributed by atoms with E-state index in [2.05, 4.69) is 26.5 Å². The zero-order chi connectivity index (χ0) is 11.4. The van der Waals surface area contributed by atoms with Crippen molar-refractivity contribution < 1.29 is 9.53 Å². The van der Waals surface area contributed by atoms with Crippen molar-refractivity contribution in [2.75, 3.05) is 0 Å². The topological polar surface area (TPSA) is 26.3 Å². The Hall–Kier alpha value is -1.31. The SMILES string of the molecule is C=C(C)C(=O)OC1=CCC(C(C)C)C=C1. The van der Waals surface area contributed by atoms with E-state index in [-0.39, 0.29) is 5.97 Å². The number of allylic oxidation sites excluding steroid dienone is 3. The standard InChI is InChI=1S/C13H18O2/c1-9(2)11-5-7-12(8-6-11)15-13(14)10(3)4/h5,7-9,11H,3,6H2,1-2,4H3. The van der Waals surface area contributed by atoms with Gasteiger partial charge in [0.15, 0.2) is 0 Å². The van der Waals surface area contributed by atoms with Crippen molar-refractivity contribution in [2.45, 2.75) is 27.2 Å². The zero-order valence-electron chi connectivity index (χ0n) is 9.62. The fourth-order valence-electron chi connectivity index (χ4n) is 1.38. The van der Waals surface area contributed by atoms with Crippen molar-refractivity contribution in [3.05, 3.63) is 36.1 Å². The minimum atomic E-state index is -0.353. The first kappa shape index (κ1) is 11.8. The Morgan fingerprint density at radius 1 is 1.60 bits per heavy atom. The molecule has 15 heavy (non-hydrogen) atoms. The summed E-state index contributed by atoms with van der Waals surface area (Å²) in [5, 5.41) is 0. The Morgan fingerprint density at radius 3 is 2.67 bits per heavy atom. The first-order chi connectivity index (χ1) is 7.00. The number of carbonyl (C=O) groups excluding carboxylic acids is 1. The second-order valence-electron chi connectivity index (χ2n) is 4.28. The van der Waals surface area contributed by atoms with Crippen molar-refractivity contribution >= 4 is 5.97 Å². The van der Waals surface area contributed by atoms with E-state index < -0.39 is 0 Å². The van der Waals surface area contributed by atoms with Gasteiger partial charge in [0.1, 0.15) is 5.76 Å². The van der Waals surface area contributed by atoms with Crippen molar-refractivity contribution in [1.82, 2.24) is 0 Å². The van der Waals surface area contributed by atoms with Crippen LogP contribution < -0.4 is 0 Å². The highest BCUT2D eigenvalue weighted by molar-refractivity contribution is 5.87. The second-order valence-corrected chi connectivity index (χ2v) is 4.28. The van der Waals surface area contributed by atoms with Crippen LogP contribution >= 0.6 is 0 Å². The molecule has 0 saturated heterocycles. The molecule has 0 amide bonds. The number of carbonyl (C=O) groups is 1. The average molecular weight is 206 g/mol. The lowest BCUT2D eigenvalue weighted by molar-refractivity contribution is -0.134. The third kappa shape index (κ3) is 3.39. The second kappa shape index (κ2) is 4.96. The number of hydrogen-bond acceptors (Lipinski definition) is 2. The molecular weight excluding hydrogens is 188 g/mol. The monoisotopic (exact) mass is 206 g/mol. The third-order valence-corrected chi connectivity index (χ3v) is 2.51. The summed E-state index contributed by atoms with van der Waals surface area (Å²) in [5.41, 5.74) is 0.426. The maximum Gasteiger partial charge on any atom is 0.338 e. The van der Waals surface area contributed by atoms with E-state index in [0.717, 1.165) is 6.42 Å². The van der Waals surface area contributed by atoms with E-state index in [1.54, 1.807) is 6.92 Å². The van der Waals surface area contributed by atoms with Gasteiger partial charge in [-0.3, -0.25) is 0 Å². The van der Waals surface area contributed by atoms with Gasteiger partial charge in [-0.25, -0.2) is 4.79 Å². The molecule has 0 aliphatic heterocycles. The van der Waals surface area contributed by atoms with Crippen LogP contribution in [0.1, 0.15) is 27.2 Å². The molecule has 0 saturated carbocycles. The van der Waals surface area contributed by atoms with Gasteiger partial charge in [-0.2, -0.15) is 0 Å². The summed E-state index contributed by atoms with van der Waals surface area (Å²) in [6.45, 7) is 9.56. The van der Waals surface area contributed by atoms with Crippen molar-refractivity contribution in [3.8, 4) is 0 Å². The first-order valence-corrected chi connectivity index (χ1v) is 5.26. The largest absolute Gasteiger partial charge is 0.424 e. The van der Waals surface area contributed by atoms with Gasteiger partial charge >= 0.3 is 5.97 Å². The molecule has 0 radical (unpaired) electrons. The van der Waals surface area contributed by atoms with E-state index in [0.29, 0.717) is 23.2 Å². The highest BCUT2D eigenvalue weighted by atomic mass is 16.5. The first-order valence-electron chi connectivity index (χ1n) is 5.26. The lowest BCUT2D eigenvalue weighted by Crippen LogP contribution is -2.10. The quantitative estimate of drug-likeness (QED) is 0.523. The number of hydrogen-bond donors (Lipinski definition) is 0. The third-order valence-electron chi connectivity index (χ3n) is 2.51. The van der Waals surface area contributed by atoms with E-state index in [9.17, 15) is 4.79 Å². The van der Waals surface area contributed by atoms with Crippen LogP contribution in [-0.4, -0.2) is 5.97 Å². The molecule has 82 valence electrons. The summed E-state index contributed by atoms with van der Waals surface area (Å²) >= 11 is 0. The molecule has 0 aromatic rings. The Balaban J connectivity index is 2.52. The maximum absolute atomic E-state index is 11.2. The van der Waals surface area contributed by atoms with E-state index >= 15 is 0 Å². The normalized spacial score (nSPS) is 20.0. The molecule has 0 N–H and O–H groups in total. The summed E-state index contributed by atoms with van der Waals surface area (Å²) in [7, 11) is 0. The van der Waals surface area contributed by atoms with Crippen molar-refractivity contribution in [2.24, 2.45) is 11.8 Å². The van der Waals surface area contributed by atoms with Crippen LogP contribution in [0.3, 0.4) is 0 Å². The molecule has 0 bridgehead atoms. The van der Waals surface area contributed by atoms with Crippen LogP contribution in [0.15, 0.2) is 36.1 Å². The molecule has 1 rings (SSSR count). The van der Waals surface area contributed by atoms with Crippen molar-refractivity contribution in [1.29, 1.82) is 0 Å². The molecule has 0 aromatic heterocycles. The fourth-order valence-corrected chi connectivity index (χ4v) is 1.38. The van der Waals surface area contributed by atoms with Crippen LogP contribution in [-0.2, 0) is 9.53 Å². The minimum absolute atomic E-state index is 0.353. The summed E-state index contributed by atoms with van der Waals surface area (Å²) in [6, 6.07) is 0. The Bertz CT molecular complexity index is 321. The molecule has 1 atom stereocenters. The Labute approximate surface area is 91.3 Å².